The molecule has 1 aromatic heterocycles. The van der Waals surface area contributed by atoms with E-state index in [4.69, 9.17) is 23.2 Å². The minimum atomic E-state index is -4.34. The summed E-state index contributed by atoms with van der Waals surface area (Å²) in [5, 5.41) is 0.306. The Hall–Kier alpha value is -2.32. The molecule has 154 valence electrons. The normalized spacial score (nSPS) is 16.7. The Morgan fingerprint density at radius 3 is 2.07 bits per heavy atom. The van der Waals surface area contributed by atoms with E-state index in [0.29, 0.717) is 5.56 Å². The van der Waals surface area contributed by atoms with Gasteiger partial charge in [-0.3, -0.25) is 4.79 Å². The highest BCUT2D eigenvalue weighted by molar-refractivity contribution is 6.32. The lowest BCUT2D eigenvalue weighted by Crippen LogP contribution is -2.43. The number of carbonyl (C=O) groups is 2. The maximum Gasteiger partial charge on any atom is 0.393 e. The summed E-state index contributed by atoms with van der Waals surface area (Å²) in [5.41, 5.74) is -0.347. The molecule has 3 amide bonds. The van der Waals surface area contributed by atoms with Crippen LogP contribution in [0, 0.1) is 0 Å². The van der Waals surface area contributed by atoms with E-state index in [1.54, 1.807) is 13.8 Å². The van der Waals surface area contributed by atoms with Crippen molar-refractivity contribution >= 4 is 40.8 Å². The average Bonchev–Trinajstić information content (AvgIpc) is 2.74. The predicted molar refractivity (Wildman–Crippen MR) is 103 cm³/mol. The van der Waals surface area contributed by atoms with Gasteiger partial charge in [0.15, 0.2) is 0 Å². The molecule has 1 aromatic carbocycles. The van der Waals surface area contributed by atoms with Crippen molar-refractivity contribution in [1.29, 1.82) is 0 Å². The number of rotatable bonds is 4. The van der Waals surface area contributed by atoms with Crippen molar-refractivity contribution < 1.29 is 22.8 Å². The molecule has 0 radical (unpaired) electrons. The van der Waals surface area contributed by atoms with Gasteiger partial charge in [-0.05, 0) is 49.2 Å². The largest absolute Gasteiger partial charge is 0.393 e. The van der Waals surface area contributed by atoms with Gasteiger partial charge >= 0.3 is 12.2 Å². The van der Waals surface area contributed by atoms with Crippen LogP contribution in [0.25, 0.3) is 0 Å². The molecule has 1 fully saturated rings. The molecule has 0 aliphatic carbocycles. The van der Waals surface area contributed by atoms with Gasteiger partial charge in [-0.25, -0.2) is 14.7 Å². The van der Waals surface area contributed by atoms with Crippen molar-refractivity contribution in [2.45, 2.75) is 38.5 Å². The first-order valence-electron chi connectivity index (χ1n) is 8.52. The van der Waals surface area contributed by atoms with Crippen molar-refractivity contribution in [3.63, 3.8) is 0 Å². The molecule has 29 heavy (non-hydrogen) atoms. The average molecular weight is 446 g/mol. The summed E-state index contributed by atoms with van der Waals surface area (Å²) in [6.45, 7) is 3.24. The van der Waals surface area contributed by atoms with Gasteiger partial charge < -0.3 is 4.90 Å². The highest BCUT2D eigenvalue weighted by atomic mass is 35.5. The number of anilines is 1. The van der Waals surface area contributed by atoms with Crippen LogP contribution in [0.2, 0.25) is 10.3 Å². The van der Waals surface area contributed by atoms with Crippen LogP contribution < -0.4 is 4.90 Å². The fourth-order valence-electron chi connectivity index (χ4n) is 3.11. The second-order valence-corrected chi connectivity index (χ2v) is 7.92. The van der Waals surface area contributed by atoms with Crippen LogP contribution in [0.1, 0.15) is 25.0 Å². The fraction of sp³-hybridized carbons (Fsp3) is 0.316. The van der Waals surface area contributed by atoms with Crippen LogP contribution in [0.4, 0.5) is 23.7 Å². The third kappa shape index (κ3) is 4.48. The maximum absolute atomic E-state index is 13.0. The lowest BCUT2D eigenvalue weighted by atomic mass is 10.0. The minimum absolute atomic E-state index is 0.0394. The molecule has 2 heterocycles. The quantitative estimate of drug-likeness (QED) is 0.477. The Morgan fingerprint density at radius 1 is 1.00 bits per heavy atom. The summed E-state index contributed by atoms with van der Waals surface area (Å²) in [6, 6.07) is 7.65. The summed E-state index contributed by atoms with van der Waals surface area (Å²) >= 11 is 11.8. The van der Waals surface area contributed by atoms with Crippen molar-refractivity contribution in [1.82, 2.24) is 9.88 Å². The lowest BCUT2D eigenvalue weighted by Gasteiger charge is -2.27. The molecular formula is C19H16Cl2F3N3O2. The van der Waals surface area contributed by atoms with Crippen LogP contribution >= 0.6 is 23.2 Å². The Morgan fingerprint density at radius 2 is 1.55 bits per heavy atom. The molecule has 1 aliphatic rings. The standard InChI is InChI=1S/C19H16Cl2F3N3O2/c1-18(2)16(28)27(13-5-3-11(4-6-13)9-19(22,23)24)17(29)26(18)10-12-7-14(20)25-15(21)8-12/h3-8H,9-10H2,1-2H3. The number of halogens is 5. The van der Waals surface area contributed by atoms with Gasteiger partial charge in [0.25, 0.3) is 5.91 Å². The number of pyridine rings is 1. The number of alkyl halides is 3. The number of imide groups is 1. The molecule has 0 bridgehead atoms. The third-order valence-corrected chi connectivity index (χ3v) is 4.97. The Kier molecular flexibility index (Phi) is 5.53. The molecule has 0 N–H and O–H groups in total. The number of amides is 3. The highest BCUT2D eigenvalue weighted by Crippen LogP contribution is 2.34. The van der Waals surface area contributed by atoms with E-state index < -0.39 is 30.1 Å². The minimum Gasteiger partial charge on any atom is -0.305 e. The number of nitrogens with zero attached hydrogens (tertiary/aromatic N) is 3. The Bertz CT molecular complexity index is 942. The molecule has 3 rings (SSSR count). The molecule has 0 unspecified atom stereocenters. The number of aromatic nitrogens is 1. The zero-order valence-corrected chi connectivity index (χ0v) is 16.9. The second-order valence-electron chi connectivity index (χ2n) is 7.15. The second kappa shape index (κ2) is 7.50. The molecule has 0 atom stereocenters. The van der Waals surface area contributed by atoms with Crippen LogP contribution in [-0.4, -0.2) is 33.5 Å². The number of hydrogen-bond donors (Lipinski definition) is 0. The van der Waals surface area contributed by atoms with Crippen molar-refractivity contribution in [3.8, 4) is 0 Å². The monoisotopic (exact) mass is 445 g/mol. The number of hydrogen-bond acceptors (Lipinski definition) is 3. The van der Waals surface area contributed by atoms with E-state index in [-0.39, 0.29) is 28.1 Å². The lowest BCUT2D eigenvalue weighted by molar-refractivity contribution is -0.127. The highest BCUT2D eigenvalue weighted by Gasteiger charge is 2.51. The first-order chi connectivity index (χ1) is 13.4. The molecule has 10 heteroatoms. The third-order valence-electron chi connectivity index (χ3n) is 4.59. The first-order valence-corrected chi connectivity index (χ1v) is 9.28. The summed E-state index contributed by atoms with van der Waals surface area (Å²) < 4.78 is 37.6. The number of urea groups is 1. The van der Waals surface area contributed by atoms with Crippen LogP contribution in [-0.2, 0) is 17.8 Å². The van der Waals surface area contributed by atoms with Gasteiger partial charge in [-0.1, -0.05) is 35.3 Å². The van der Waals surface area contributed by atoms with E-state index >= 15 is 0 Å². The van der Waals surface area contributed by atoms with Crippen molar-refractivity contribution in [2.24, 2.45) is 0 Å². The SMILES string of the molecule is CC1(C)C(=O)N(c2ccc(CC(F)(F)F)cc2)C(=O)N1Cc1cc(Cl)nc(Cl)c1. The van der Waals surface area contributed by atoms with E-state index in [2.05, 4.69) is 4.98 Å². The maximum atomic E-state index is 13.0. The Labute approximate surface area is 175 Å². The predicted octanol–water partition coefficient (Wildman–Crippen LogP) is 5.24. The molecule has 0 spiro atoms. The molecule has 2 aromatic rings. The topological polar surface area (TPSA) is 53.5 Å². The van der Waals surface area contributed by atoms with Crippen LogP contribution in [0.15, 0.2) is 36.4 Å². The van der Waals surface area contributed by atoms with Crippen LogP contribution in [0.3, 0.4) is 0 Å². The van der Waals surface area contributed by atoms with E-state index in [1.807, 2.05) is 0 Å². The summed E-state index contributed by atoms with van der Waals surface area (Å²) in [5.74, 6) is -0.489. The number of carbonyl (C=O) groups excluding carboxylic acids is 2. The van der Waals surface area contributed by atoms with E-state index in [0.717, 1.165) is 4.90 Å². The molecule has 0 saturated carbocycles. The first kappa shape index (κ1) is 21.4. The smallest absolute Gasteiger partial charge is 0.305 e. The van der Waals surface area contributed by atoms with Crippen molar-refractivity contribution in [2.75, 3.05) is 4.90 Å². The molecule has 1 saturated heterocycles. The van der Waals surface area contributed by atoms with E-state index in [9.17, 15) is 22.8 Å². The summed E-state index contributed by atoms with van der Waals surface area (Å²) in [6.07, 6.45) is -5.43. The molecular weight excluding hydrogens is 430 g/mol. The molecule has 5 nitrogen and oxygen atoms in total. The van der Waals surface area contributed by atoms with Crippen LogP contribution in [0.5, 0.6) is 0 Å². The molecule has 1 aliphatic heterocycles. The van der Waals surface area contributed by atoms with Gasteiger partial charge in [-0.2, -0.15) is 13.2 Å². The van der Waals surface area contributed by atoms with Gasteiger partial charge in [0.2, 0.25) is 0 Å². The Balaban J connectivity index is 1.88. The number of benzene rings is 1. The van der Waals surface area contributed by atoms with E-state index in [1.165, 1.54) is 41.3 Å². The summed E-state index contributed by atoms with van der Waals surface area (Å²) in [4.78, 5) is 32.0. The fourth-order valence-corrected chi connectivity index (χ4v) is 3.62. The zero-order chi connectivity index (χ0) is 21.6. The van der Waals surface area contributed by atoms with Gasteiger partial charge in [-0.15, -0.1) is 0 Å². The van der Waals surface area contributed by atoms with Crippen molar-refractivity contribution in [3.05, 3.63) is 57.8 Å². The summed E-state index contributed by atoms with van der Waals surface area (Å²) in [7, 11) is 0. The van der Waals surface area contributed by atoms with Gasteiger partial charge in [0, 0.05) is 6.54 Å². The van der Waals surface area contributed by atoms with Gasteiger partial charge in [0.1, 0.15) is 15.8 Å². The zero-order valence-electron chi connectivity index (χ0n) is 15.4. The van der Waals surface area contributed by atoms with Gasteiger partial charge in [0.05, 0.1) is 12.1 Å².